The predicted octanol–water partition coefficient (Wildman–Crippen LogP) is 2.95. The molecule has 5 heteroatoms. The first-order chi connectivity index (χ1) is 10.00. The van der Waals surface area contributed by atoms with Gasteiger partial charge in [-0.15, -0.1) is 0 Å². The zero-order chi connectivity index (χ0) is 15.5. The van der Waals surface area contributed by atoms with E-state index in [4.69, 9.17) is 0 Å². The molecule has 0 aromatic heterocycles. The molecule has 0 bridgehead atoms. The van der Waals surface area contributed by atoms with Gasteiger partial charge in [-0.3, -0.25) is 4.79 Å². The van der Waals surface area contributed by atoms with Gasteiger partial charge in [0, 0.05) is 25.7 Å². The van der Waals surface area contributed by atoms with Crippen LogP contribution in [0.1, 0.15) is 58.8 Å². The highest BCUT2D eigenvalue weighted by Gasteiger charge is 2.42. The zero-order valence-electron chi connectivity index (χ0n) is 13.3. The second-order valence-electron chi connectivity index (χ2n) is 6.64. The summed E-state index contributed by atoms with van der Waals surface area (Å²) in [5.74, 6) is -0.692. The summed E-state index contributed by atoms with van der Waals surface area (Å²) in [5.41, 5.74) is -0.612. The lowest BCUT2D eigenvalue weighted by molar-refractivity contribution is -0.152. The van der Waals surface area contributed by atoms with Crippen molar-refractivity contribution in [2.24, 2.45) is 5.41 Å². The maximum atomic E-state index is 12.6. The second-order valence-corrected chi connectivity index (χ2v) is 6.64. The highest BCUT2D eigenvalue weighted by Crippen LogP contribution is 2.37. The number of likely N-dealkylation sites (tertiary alicyclic amines) is 2. The minimum Gasteiger partial charge on any atom is -0.481 e. The number of nitrogens with zero attached hydrogens (tertiary/aromatic N) is 2. The zero-order valence-corrected chi connectivity index (χ0v) is 13.3. The lowest BCUT2D eigenvalue weighted by Gasteiger charge is -2.43. The molecular formula is C16H28N2O3. The van der Waals surface area contributed by atoms with Crippen molar-refractivity contribution in [3.8, 4) is 0 Å². The Balaban J connectivity index is 1.96. The van der Waals surface area contributed by atoms with E-state index >= 15 is 0 Å². The smallest absolute Gasteiger partial charge is 0.320 e. The summed E-state index contributed by atoms with van der Waals surface area (Å²) >= 11 is 0. The molecular weight excluding hydrogens is 268 g/mol. The van der Waals surface area contributed by atoms with Crippen molar-refractivity contribution in [3.63, 3.8) is 0 Å². The number of carbonyl (C=O) groups is 2. The van der Waals surface area contributed by atoms with E-state index in [9.17, 15) is 14.7 Å². The predicted molar refractivity (Wildman–Crippen MR) is 81.2 cm³/mol. The van der Waals surface area contributed by atoms with Crippen LogP contribution >= 0.6 is 0 Å². The van der Waals surface area contributed by atoms with Crippen LogP contribution in [0.15, 0.2) is 0 Å². The van der Waals surface area contributed by atoms with Crippen LogP contribution in [0.4, 0.5) is 4.79 Å². The van der Waals surface area contributed by atoms with Crippen LogP contribution in [-0.4, -0.2) is 52.6 Å². The van der Waals surface area contributed by atoms with Gasteiger partial charge in [-0.1, -0.05) is 13.3 Å². The molecule has 1 N–H and O–H groups in total. The number of hydrogen-bond acceptors (Lipinski definition) is 2. The molecule has 0 aromatic rings. The molecule has 0 radical (unpaired) electrons. The normalized spacial score (nSPS) is 25.7. The average molecular weight is 296 g/mol. The fourth-order valence-corrected chi connectivity index (χ4v) is 3.74. The van der Waals surface area contributed by atoms with Crippen LogP contribution < -0.4 is 0 Å². The van der Waals surface area contributed by atoms with Gasteiger partial charge >= 0.3 is 12.0 Å². The largest absolute Gasteiger partial charge is 0.481 e. The summed E-state index contributed by atoms with van der Waals surface area (Å²) in [4.78, 5) is 28.0. The molecule has 0 aliphatic carbocycles. The van der Waals surface area contributed by atoms with Crippen molar-refractivity contribution < 1.29 is 14.7 Å². The molecule has 2 rings (SSSR count). The van der Waals surface area contributed by atoms with Crippen molar-refractivity contribution in [2.75, 3.05) is 19.6 Å². The minimum atomic E-state index is -0.692. The van der Waals surface area contributed by atoms with Crippen molar-refractivity contribution in [1.82, 2.24) is 9.80 Å². The summed E-state index contributed by atoms with van der Waals surface area (Å²) in [7, 11) is 0. The molecule has 0 saturated carbocycles. The first-order valence-electron chi connectivity index (χ1n) is 8.29. The third-order valence-electron chi connectivity index (χ3n) is 5.22. The highest BCUT2D eigenvalue weighted by atomic mass is 16.4. The topological polar surface area (TPSA) is 60.9 Å². The van der Waals surface area contributed by atoms with Crippen LogP contribution in [0.2, 0.25) is 0 Å². The lowest BCUT2D eigenvalue weighted by atomic mass is 9.75. The summed E-state index contributed by atoms with van der Waals surface area (Å²) in [6.45, 7) is 6.13. The average Bonchev–Trinajstić information content (AvgIpc) is 2.48. The summed E-state index contributed by atoms with van der Waals surface area (Å²) < 4.78 is 0. The Hall–Kier alpha value is -1.26. The summed E-state index contributed by atoms with van der Waals surface area (Å²) in [5, 5.41) is 9.52. The van der Waals surface area contributed by atoms with Crippen LogP contribution in [0.25, 0.3) is 0 Å². The Kier molecular flexibility index (Phi) is 5.12. The van der Waals surface area contributed by atoms with Gasteiger partial charge in [0.2, 0.25) is 0 Å². The molecule has 2 saturated heterocycles. The number of hydrogen-bond donors (Lipinski definition) is 1. The van der Waals surface area contributed by atoms with Crippen LogP contribution in [0.3, 0.4) is 0 Å². The molecule has 2 fully saturated rings. The third kappa shape index (κ3) is 3.33. The molecule has 1 unspecified atom stereocenters. The van der Waals surface area contributed by atoms with Crippen LogP contribution in [0.5, 0.6) is 0 Å². The number of urea groups is 1. The van der Waals surface area contributed by atoms with Gasteiger partial charge in [0.1, 0.15) is 0 Å². The van der Waals surface area contributed by atoms with Crippen molar-refractivity contribution in [2.45, 2.75) is 64.8 Å². The monoisotopic (exact) mass is 296 g/mol. The van der Waals surface area contributed by atoms with E-state index in [1.54, 1.807) is 0 Å². The van der Waals surface area contributed by atoms with E-state index in [0.29, 0.717) is 38.4 Å². The summed E-state index contributed by atoms with van der Waals surface area (Å²) in [6.07, 6.45) is 6.12. The van der Waals surface area contributed by atoms with Gasteiger partial charge in [-0.05, 0) is 45.4 Å². The molecule has 2 aliphatic rings. The Morgan fingerprint density at radius 2 is 1.86 bits per heavy atom. The van der Waals surface area contributed by atoms with Crippen molar-refractivity contribution in [1.29, 1.82) is 0 Å². The maximum Gasteiger partial charge on any atom is 0.320 e. The third-order valence-corrected chi connectivity index (χ3v) is 5.22. The highest BCUT2D eigenvalue weighted by molar-refractivity contribution is 5.77. The Labute approximate surface area is 127 Å². The molecule has 0 aromatic carbocycles. The number of piperidine rings is 2. The number of rotatable bonds is 3. The number of aliphatic carboxylic acids is 1. The first kappa shape index (κ1) is 16.1. The Morgan fingerprint density at radius 3 is 2.38 bits per heavy atom. The molecule has 1 atom stereocenters. The van der Waals surface area contributed by atoms with Gasteiger partial charge in [0.05, 0.1) is 5.41 Å². The molecule has 2 aliphatic heterocycles. The lowest BCUT2D eigenvalue weighted by Crippen LogP contribution is -2.53. The van der Waals surface area contributed by atoms with E-state index in [0.717, 1.165) is 25.8 Å². The molecule has 5 nitrogen and oxygen atoms in total. The van der Waals surface area contributed by atoms with Gasteiger partial charge in [0.15, 0.2) is 0 Å². The standard InChI is InChI=1S/C16H28N2O3/c1-3-7-16(14(19)20)8-11-17(12-9-16)15(21)18-10-5-4-6-13(18)2/h13H,3-12H2,1-2H3,(H,19,20). The molecule has 21 heavy (non-hydrogen) atoms. The fraction of sp³-hybridized carbons (Fsp3) is 0.875. The first-order valence-corrected chi connectivity index (χ1v) is 8.29. The number of carboxylic acids is 1. The molecule has 120 valence electrons. The maximum absolute atomic E-state index is 12.6. The minimum absolute atomic E-state index is 0.109. The van der Waals surface area contributed by atoms with Crippen LogP contribution in [0, 0.1) is 5.41 Å². The SMILES string of the molecule is CCCC1(C(=O)O)CCN(C(=O)N2CCCCC2C)CC1. The quantitative estimate of drug-likeness (QED) is 0.871. The van der Waals surface area contributed by atoms with E-state index in [1.807, 2.05) is 16.7 Å². The Bertz CT molecular complexity index is 389. The Morgan fingerprint density at radius 1 is 1.19 bits per heavy atom. The fourth-order valence-electron chi connectivity index (χ4n) is 3.74. The van der Waals surface area contributed by atoms with Crippen LogP contribution in [-0.2, 0) is 4.79 Å². The van der Waals surface area contributed by atoms with E-state index < -0.39 is 11.4 Å². The number of amides is 2. The molecule has 2 amide bonds. The van der Waals surface area contributed by atoms with Gasteiger partial charge in [-0.25, -0.2) is 4.79 Å². The summed E-state index contributed by atoms with van der Waals surface area (Å²) in [6, 6.07) is 0.422. The van der Waals surface area contributed by atoms with Crippen molar-refractivity contribution >= 4 is 12.0 Å². The van der Waals surface area contributed by atoms with Crippen molar-refractivity contribution in [3.05, 3.63) is 0 Å². The van der Waals surface area contributed by atoms with E-state index in [-0.39, 0.29) is 6.03 Å². The molecule has 2 heterocycles. The second kappa shape index (κ2) is 6.67. The van der Waals surface area contributed by atoms with E-state index in [2.05, 4.69) is 6.92 Å². The van der Waals surface area contributed by atoms with Gasteiger partial charge in [0.25, 0.3) is 0 Å². The van der Waals surface area contributed by atoms with Gasteiger partial charge < -0.3 is 14.9 Å². The number of carboxylic acid groups (broad SMARTS) is 1. The van der Waals surface area contributed by atoms with E-state index in [1.165, 1.54) is 6.42 Å². The molecule has 0 spiro atoms. The number of carbonyl (C=O) groups excluding carboxylic acids is 1. The van der Waals surface area contributed by atoms with Gasteiger partial charge in [-0.2, -0.15) is 0 Å².